The smallest absolute Gasteiger partial charge is 0.317 e. The van der Waals surface area contributed by atoms with E-state index in [9.17, 15) is 4.79 Å². The van der Waals surface area contributed by atoms with Crippen LogP contribution in [0.3, 0.4) is 0 Å². The highest BCUT2D eigenvalue weighted by atomic mass is 16.2. The normalized spacial score (nSPS) is 26.2. The molecule has 2 atom stereocenters. The van der Waals surface area contributed by atoms with Crippen molar-refractivity contribution in [3.8, 4) is 0 Å². The number of urea groups is 1. The Balaban J connectivity index is 2.17. The van der Waals surface area contributed by atoms with Gasteiger partial charge in [0.1, 0.15) is 0 Å². The maximum atomic E-state index is 11.4. The minimum absolute atomic E-state index is 0.0621. The highest BCUT2D eigenvalue weighted by Gasteiger charge is 2.21. The Morgan fingerprint density at radius 2 is 2.21 bits per heavy atom. The van der Waals surface area contributed by atoms with Gasteiger partial charge in [0.25, 0.3) is 0 Å². The molecule has 1 N–H and O–H groups in total. The molecule has 0 bridgehead atoms. The van der Waals surface area contributed by atoms with E-state index >= 15 is 0 Å². The average molecular weight is 198 g/mol. The summed E-state index contributed by atoms with van der Waals surface area (Å²) in [4.78, 5) is 13.1. The van der Waals surface area contributed by atoms with Crippen LogP contribution in [-0.2, 0) is 0 Å². The highest BCUT2D eigenvalue weighted by Crippen LogP contribution is 2.29. The molecule has 0 aromatic carbocycles. The summed E-state index contributed by atoms with van der Waals surface area (Å²) < 4.78 is 0. The monoisotopic (exact) mass is 198 g/mol. The van der Waals surface area contributed by atoms with Crippen LogP contribution in [0.2, 0.25) is 0 Å². The van der Waals surface area contributed by atoms with Gasteiger partial charge in [0.15, 0.2) is 0 Å². The molecular formula is C11H22N2O. The standard InChI is InChI=1S/C11H22N2O/c1-4-13(3)11(14)12-8-10-6-5-9(2)7-10/h9-10H,4-8H2,1-3H3,(H,12,14). The van der Waals surface area contributed by atoms with Crippen LogP contribution in [0.4, 0.5) is 4.79 Å². The molecule has 3 heteroatoms. The molecule has 82 valence electrons. The first-order chi connectivity index (χ1) is 6.63. The van der Waals surface area contributed by atoms with Crippen LogP contribution in [-0.4, -0.2) is 31.1 Å². The van der Waals surface area contributed by atoms with Crippen LogP contribution in [0.1, 0.15) is 33.1 Å². The minimum atomic E-state index is 0.0621. The third kappa shape index (κ3) is 3.20. The van der Waals surface area contributed by atoms with Gasteiger partial charge in [-0.3, -0.25) is 0 Å². The second kappa shape index (κ2) is 5.23. The van der Waals surface area contributed by atoms with Crippen molar-refractivity contribution >= 4 is 6.03 Å². The zero-order chi connectivity index (χ0) is 10.6. The van der Waals surface area contributed by atoms with Crippen molar-refractivity contribution in [2.75, 3.05) is 20.1 Å². The van der Waals surface area contributed by atoms with Crippen LogP contribution in [0, 0.1) is 11.8 Å². The summed E-state index contributed by atoms with van der Waals surface area (Å²) >= 11 is 0. The lowest BCUT2D eigenvalue weighted by atomic mass is 10.1. The average Bonchev–Trinajstić information content (AvgIpc) is 2.59. The summed E-state index contributed by atoms with van der Waals surface area (Å²) in [6.07, 6.45) is 3.87. The Labute approximate surface area is 86.9 Å². The van der Waals surface area contributed by atoms with E-state index in [2.05, 4.69) is 12.2 Å². The van der Waals surface area contributed by atoms with Crippen LogP contribution in [0.5, 0.6) is 0 Å². The molecule has 0 spiro atoms. The van der Waals surface area contributed by atoms with Gasteiger partial charge in [-0.25, -0.2) is 4.79 Å². The first-order valence-electron chi connectivity index (χ1n) is 5.62. The zero-order valence-corrected chi connectivity index (χ0v) is 9.55. The van der Waals surface area contributed by atoms with E-state index in [1.165, 1.54) is 19.3 Å². The van der Waals surface area contributed by atoms with Crippen LogP contribution < -0.4 is 5.32 Å². The lowest BCUT2D eigenvalue weighted by molar-refractivity contribution is 0.209. The number of carbonyl (C=O) groups excluding carboxylic acids is 1. The molecule has 1 aliphatic rings. The molecule has 1 rings (SSSR count). The third-order valence-corrected chi connectivity index (χ3v) is 3.17. The highest BCUT2D eigenvalue weighted by molar-refractivity contribution is 5.73. The first-order valence-corrected chi connectivity index (χ1v) is 5.62. The summed E-state index contributed by atoms with van der Waals surface area (Å²) in [7, 11) is 1.83. The van der Waals surface area contributed by atoms with E-state index in [1.807, 2.05) is 14.0 Å². The number of carbonyl (C=O) groups is 1. The van der Waals surface area contributed by atoms with Crippen molar-refractivity contribution in [2.45, 2.75) is 33.1 Å². The minimum Gasteiger partial charge on any atom is -0.338 e. The molecule has 0 aromatic rings. The quantitative estimate of drug-likeness (QED) is 0.740. The Morgan fingerprint density at radius 1 is 1.50 bits per heavy atom. The van der Waals surface area contributed by atoms with Gasteiger partial charge >= 0.3 is 6.03 Å². The van der Waals surface area contributed by atoms with Crippen LogP contribution >= 0.6 is 0 Å². The van der Waals surface area contributed by atoms with Crippen molar-refractivity contribution in [1.29, 1.82) is 0 Å². The molecule has 14 heavy (non-hydrogen) atoms. The largest absolute Gasteiger partial charge is 0.338 e. The third-order valence-electron chi connectivity index (χ3n) is 3.17. The van der Waals surface area contributed by atoms with Gasteiger partial charge in [-0.05, 0) is 31.6 Å². The number of nitrogens with zero attached hydrogens (tertiary/aromatic N) is 1. The van der Waals surface area contributed by atoms with Gasteiger partial charge in [0, 0.05) is 20.1 Å². The van der Waals surface area contributed by atoms with Gasteiger partial charge < -0.3 is 10.2 Å². The molecule has 0 saturated heterocycles. The molecule has 0 aromatic heterocycles. The molecule has 0 aliphatic heterocycles. The Kier molecular flexibility index (Phi) is 4.23. The lowest BCUT2D eigenvalue weighted by Crippen LogP contribution is -2.39. The number of amides is 2. The summed E-state index contributed by atoms with van der Waals surface area (Å²) in [5.41, 5.74) is 0. The van der Waals surface area contributed by atoms with Crippen LogP contribution in [0.15, 0.2) is 0 Å². The molecule has 0 heterocycles. The molecule has 3 nitrogen and oxygen atoms in total. The van der Waals surface area contributed by atoms with Gasteiger partial charge in [-0.1, -0.05) is 13.3 Å². The number of hydrogen-bond acceptors (Lipinski definition) is 1. The van der Waals surface area contributed by atoms with E-state index in [0.717, 1.165) is 19.0 Å². The fraction of sp³-hybridized carbons (Fsp3) is 0.909. The SMILES string of the molecule is CCN(C)C(=O)NCC1CCC(C)C1. The van der Waals surface area contributed by atoms with Crippen molar-refractivity contribution in [3.63, 3.8) is 0 Å². The number of rotatable bonds is 3. The maximum absolute atomic E-state index is 11.4. The molecule has 1 saturated carbocycles. The number of nitrogens with one attached hydrogen (secondary N) is 1. The van der Waals surface area contributed by atoms with E-state index in [0.29, 0.717) is 5.92 Å². The Morgan fingerprint density at radius 3 is 2.71 bits per heavy atom. The van der Waals surface area contributed by atoms with Crippen molar-refractivity contribution < 1.29 is 4.79 Å². The Hall–Kier alpha value is -0.730. The molecular weight excluding hydrogens is 176 g/mol. The summed E-state index contributed by atoms with van der Waals surface area (Å²) in [6.45, 7) is 5.90. The molecule has 2 unspecified atom stereocenters. The number of hydrogen-bond donors (Lipinski definition) is 1. The van der Waals surface area contributed by atoms with Gasteiger partial charge in [0.05, 0.1) is 0 Å². The predicted octanol–water partition coefficient (Wildman–Crippen LogP) is 2.08. The van der Waals surface area contributed by atoms with Crippen LogP contribution in [0.25, 0.3) is 0 Å². The van der Waals surface area contributed by atoms with Gasteiger partial charge in [-0.2, -0.15) is 0 Å². The first kappa shape index (κ1) is 11.3. The fourth-order valence-electron chi connectivity index (χ4n) is 2.02. The van der Waals surface area contributed by atoms with E-state index in [-0.39, 0.29) is 6.03 Å². The molecule has 1 fully saturated rings. The summed E-state index contributed by atoms with van der Waals surface area (Å²) in [5, 5.41) is 2.98. The topological polar surface area (TPSA) is 32.3 Å². The van der Waals surface area contributed by atoms with Crippen molar-refractivity contribution in [3.05, 3.63) is 0 Å². The van der Waals surface area contributed by atoms with E-state index < -0.39 is 0 Å². The van der Waals surface area contributed by atoms with Crippen molar-refractivity contribution in [2.24, 2.45) is 11.8 Å². The lowest BCUT2D eigenvalue weighted by Gasteiger charge is -2.17. The maximum Gasteiger partial charge on any atom is 0.317 e. The fourth-order valence-corrected chi connectivity index (χ4v) is 2.02. The Bertz CT molecular complexity index is 194. The predicted molar refractivity (Wildman–Crippen MR) is 58.2 cm³/mol. The van der Waals surface area contributed by atoms with Gasteiger partial charge in [0.2, 0.25) is 0 Å². The summed E-state index contributed by atoms with van der Waals surface area (Å²) in [5.74, 6) is 1.56. The van der Waals surface area contributed by atoms with E-state index in [1.54, 1.807) is 4.90 Å². The van der Waals surface area contributed by atoms with Crippen molar-refractivity contribution in [1.82, 2.24) is 10.2 Å². The second-order valence-electron chi connectivity index (χ2n) is 4.48. The molecule has 2 amide bonds. The zero-order valence-electron chi connectivity index (χ0n) is 9.55. The van der Waals surface area contributed by atoms with E-state index in [4.69, 9.17) is 0 Å². The van der Waals surface area contributed by atoms with Gasteiger partial charge in [-0.15, -0.1) is 0 Å². The molecule has 0 radical (unpaired) electrons. The molecule has 1 aliphatic carbocycles. The summed E-state index contributed by atoms with van der Waals surface area (Å²) in [6, 6.07) is 0.0621. The second-order valence-corrected chi connectivity index (χ2v) is 4.48.